The van der Waals surface area contributed by atoms with E-state index in [1.807, 2.05) is 30.3 Å². The van der Waals surface area contributed by atoms with E-state index in [2.05, 4.69) is 10.2 Å². The second-order valence-electron chi connectivity index (χ2n) is 4.96. The zero-order chi connectivity index (χ0) is 17.1. The van der Waals surface area contributed by atoms with Crippen molar-refractivity contribution in [1.29, 1.82) is 0 Å². The summed E-state index contributed by atoms with van der Waals surface area (Å²) in [5.74, 6) is -1.24. The fourth-order valence-corrected chi connectivity index (χ4v) is 2.30. The van der Waals surface area contributed by atoms with E-state index in [4.69, 9.17) is 20.8 Å². The van der Waals surface area contributed by atoms with Crippen LogP contribution in [0.15, 0.2) is 52.9 Å². The third kappa shape index (κ3) is 3.28. The Kier molecular flexibility index (Phi) is 4.57. The van der Waals surface area contributed by atoms with Crippen LogP contribution in [0.3, 0.4) is 0 Å². The van der Waals surface area contributed by atoms with Crippen LogP contribution in [-0.2, 0) is 4.74 Å². The highest BCUT2D eigenvalue weighted by Crippen LogP contribution is 2.25. The minimum Gasteiger partial charge on any atom is -0.449 e. The van der Waals surface area contributed by atoms with Gasteiger partial charge in [0.15, 0.2) is 6.10 Å². The Morgan fingerprint density at radius 1 is 1.17 bits per heavy atom. The molecule has 0 spiro atoms. The topological polar surface area (TPSA) is 65.2 Å². The van der Waals surface area contributed by atoms with Crippen LogP contribution in [0, 0.1) is 5.82 Å². The molecular formula is C17H12ClFN2O3. The van der Waals surface area contributed by atoms with E-state index in [0.29, 0.717) is 5.89 Å². The molecule has 1 heterocycles. The Labute approximate surface area is 142 Å². The molecule has 0 saturated carbocycles. The van der Waals surface area contributed by atoms with Gasteiger partial charge in [0.25, 0.3) is 5.89 Å². The number of hydrogen-bond donors (Lipinski definition) is 0. The van der Waals surface area contributed by atoms with Crippen molar-refractivity contribution in [1.82, 2.24) is 10.2 Å². The largest absolute Gasteiger partial charge is 0.449 e. The van der Waals surface area contributed by atoms with Crippen molar-refractivity contribution < 1.29 is 18.3 Å². The molecule has 0 saturated heterocycles. The van der Waals surface area contributed by atoms with E-state index in [1.165, 1.54) is 12.1 Å². The smallest absolute Gasteiger partial charge is 0.343 e. The fraction of sp³-hybridized carbons (Fsp3) is 0.118. The number of nitrogens with zero attached hydrogens (tertiary/aromatic N) is 2. The Balaban J connectivity index is 1.77. The standard InChI is InChI=1S/C17H12ClFN2O3/c1-10(23-17(22)14-12(18)8-5-9-13(14)19)15-20-21-16(24-15)11-6-3-2-4-7-11/h2-10H,1H3/t10-/m1/s1. The zero-order valence-electron chi connectivity index (χ0n) is 12.6. The van der Waals surface area contributed by atoms with Gasteiger partial charge in [0.05, 0.1) is 5.02 Å². The maximum atomic E-state index is 13.7. The van der Waals surface area contributed by atoms with Crippen LogP contribution in [0.5, 0.6) is 0 Å². The van der Waals surface area contributed by atoms with Gasteiger partial charge in [-0.15, -0.1) is 10.2 Å². The first-order valence-electron chi connectivity index (χ1n) is 7.10. The van der Waals surface area contributed by atoms with Gasteiger partial charge in [-0.25, -0.2) is 9.18 Å². The number of ether oxygens (including phenoxy) is 1. The second kappa shape index (κ2) is 6.80. The normalized spacial score (nSPS) is 12.0. The number of carbonyl (C=O) groups is 1. The summed E-state index contributed by atoms with van der Waals surface area (Å²) >= 11 is 5.85. The predicted molar refractivity (Wildman–Crippen MR) is 85.0 cm³/mol. The number of halogens is 2. The van der Waals surface area contributed by atoms with Crippen LogP contribution in [-0.4, -0.2) is 16.2 Å². The number of esters is 1. The van der Waals surface area contributed by atoms with E-state index < -0.39 is 17.9 Å². The van der Waals surface area contributed by atoms with Gasteiger partial charge in [0, 0.05) is 5.56 Å². The highest BCUT2D eigenvalue weighted by molar-refractivity contribution is 6.33. The summed E-state index contributed by atoms with van der Waals surface area (Å²) in [6.07, 6.45) is -0.849. The molecule has 0 aliphatic carbocycles. The van der Waals surface area contributed by atoms with Crippen LogP contribution in [0.1, 0.15) is 29.3 Å². The lowest BCUT2D eigenvalue weighted by Gasteiger charge is -2.10. The molecule has 0 fully saturated rings. The van der Waals surface area contributed by atoms with E-state index in [9.17, 15) is 9.18 Å². The number of hydrogen-bond acceptors (Lipinski definition) is 5. The van der Waals surface area contributed by atoms with Crippen molar-refractivity contribution in [3.05, 3.63) is 70.8 Å². The lowest BCUT2D eigenvalue weighted by Crippen LogP contribution is -2.12. The van der Waals surface area contributed by atoms with Crippen LogP contribution in [0.4, 0.5) is 4.39 Å². The third-order valence-electron chi connectivity index (χ3n) is 3.26. The average Bonchev–Trinajstić information content (AvgIpc) is 3.05. The van der Waals surface area contributed by atoms with Crippen molar-refractivity contribution in [2.45, 2.75) is 13.0 Å². The van der Waals surface area contributed by atoms with Gasteiger partial charge in [0.2, 0.25) is 5.89 Å². The van der Waals surface area contributed by atoms with Gasteiger partial charge >= 0.3 is 5.97 Å². The van der Waals surface area contributed by atoms with Gasteiger partial charge in [0.1, 0.15) is 11.4 Å². The molecule has 0 unspecified atom stereocenters. The predicted octanol–water partition coefficient (Wildman–Crippen LogP) is 4.45. The Bertz CT molecular complexity index is 847. The van der Waals surface area contributed by atoms with Crippen molar-refractivity contribution in [2.24, 2.45) is 0 Å². The average molecular weight is 347 g/mol. The maximum Gasteiger partial charge on any atom is 0.343 e. The van der Waals surface area contributed by atoms with Crippen LogP contribution in [0.25, 0.3) is 11.5 Å². The number of aromatic nitrogens is 2. The van der Waals surface area contributed by atoms with Gasteiger partial charge < -0.3 is 9.15 Å². The fourth-order valence-electron chi connectivity index (χ4n) is 2.06. The summed E-state index contributed by atoms with van der Waals surface area (Å²) in [5.41, 5.74) is 0.417. The van der Waals surface area contributed by atoms with E-state index in [0.717, 1.165) is 11.6 Å². The van der Waals surface area contributed by atoms with Crippen molar-refractivity contribution in [3.8, 4) is 11.5 Å². The first kappa shape index (κ1) is 16.1. The van der Waals surface area contributed by atoms with Gasteiger partial charge in [-0.2, -0.15) is 0 Å². The summed E-state index contributed by atoms with van der Waals surface area (Å²) in [7, 11) is 0. The molecule has 0 aliphatic heterocycles. The third-order valence-corrected chi connectivity index (χ3v) is 3.57. The summed E-state index contributed by atoms with van der Waals surface area (Å²) < 4.78 is 24.4. The second-order valence-corrected chi connectivity index (χ2v) is 5.36. The van der Waals surface area contributed by atoms with Crippen LogP contribution < -0.4 is 0 Å². The van der Waals surface area contributed by atoms with E-state index in [1.54, 1.807) is 6.92 Å². The molecule has 0 bridgehead atoms. The molecule has 3 rings (SSSR count). The first-order valence-corrected chi connectivity index (χ1v) is 7.48. The molecule has 0 N–H and O–H groups in total. The lowest BCUT2D eigenvalue weighted by molar-refractivity contribution is 0.0275. The van der Waals surface area contributed by atoms with Crippen molar-refractivity contribution >= 4 is 17.6 Å². The molecule has 1 atom stereocenters. The number of rotatable bonds is 4. The van der Waals surface area contributed by atoms with Crippen molar-refractivity contribution in [3.63, 3.8) is 0 Å². The van der Waals surface area contributed by atoms with Gasteiger partial charge in [-0.1, -0.05) is 35.9 Å². The highest BCUT2D eigenvalue weighted by atomic mass is 35.5. The Morgan fingerprint density at radius 2 is 1.92 bits per heavy atom. The van der Waals surface area contributed by atoms with Crippen LogP contribution in [0.2, 0.25) is 5.02 Å². The molecule has 2 aromatic carbocycles. The quantitative estimate of drug-likeness (QED) is 0.653. The van der Waals surface area contributed by atoms with Gasteiger partial charge in [-0.05, 0) is 31.2 Å². The molecule has 0 aliphatic rings. The molecule has 7 heteroatoms. The Hall–Kier alpha value is -2.73. The zero-order valence-corrected chi connectivity index (χ0v) is 13.3. The first-order chi connectivity index (χ1) is 11.6. The summed E-state index contributed by atoms with van der Waals surface area (Å²) in [6, 6.07) is 13.1. The lowest BCUT2D eigenvalue weighted by atomic mass is 10.2. The minimum absolute atomic E-state index is 0.0253. The molecule has 0 radical (unpaired) electrons. The number of carbonyl (C=O) groups excluding carboxylic acids is 1. The highest BCUT2D eigenvalue weighted by Gasteiger charge is 2.23. The summed E-state index contributed by atoms with van der Waals surface area (Å²) in [5, 5.41) is 7.75. The molecule has 122 valence electrons. The van der Waals surface area contributed by atoms with E-state index in [-0.39, 0.29) is 16.5 Å². The molecule has 1 aromatic heterocycles. The summed E-state index contributed by atoms with van der Waals surface area (Å²) in [6.45, 7) is 1.55. The monoisotopic (exact) mass is 346 g/mol. The molecule has 3 aromatic rings. The molecule has 0 amide bonds. The van der Waals surface area contributed by atoms with Crippen molar-refractivity contribution in [2.75, 3.05) is 0 Å². The Morgan fingerprint density at radius 3 is 2.62 bits per heavy atom. The maximum absolute atomic E-state index is 13.7. The van der Waals surface area contributed by atoms with Gasteiger partial charge in [-0.3, -0.25) is 0 Å². The van der Waals surface area contributed by atoms with E-state index >= 15 is 0 Å². The molecule has 24 heavy (non-hydrogen) atoms. The van der Waals surface area contributed by atoms with Crippen LogP contribution >= 0.6 is 11.6 Å². The minimum atomic E-state index is -0.898. The molecule has 5 nitrogen and oxygen atoms in total. The SMILES string of the molecule is C[C@@H](OC(=O)c1c(F)cccc1Cl)c1nnc(-c2ccccc2)o1. The number of benzene rings is 2. The molecular weight excluding hydrogens is 335 g/mol. The summed E-state index contributed by atoms with van der Waals surface area (Å²) in [4.78, 5) is 12.1.